The monoisotopic (exact) mass is 1010 g/mol. The maximum atomic E-state index is 12.7. The quantitative estimate of drug-likeness (QED) is 0.0345. The fourth-order valence-electron chi connectivity index (χ4n) is 10.0. The van der Waals surface area contributed by atoms with Gasteiger partial charge in [0.2, 0.25) is 0 Å². The number of carbonyl (C=O) groups excluding carboxylic acids is 2. The lowest BCUT2D eigenvalue weighted by Gasteiger charge is -2.18. The molecule has 0 saturated carbocycles. The Morgan fingerprint density at radius 2 is 0.486 bits per heavy atom. The molecule has 0 N–H and O–H groups in total. The highest BCUT2D eigenvalue weighted by atomic mass is 16.6. The van der Waals surface area contributed by atoms with E-state index >= 15 is 0 Å². The summed E-state index contributed by atoms with van der Waals surface area (Å²) in [4.78, 5) is 25.4. The molecule has 0 bridgehead atoms. The lowest BCUT2D eigenvalue weighted by atomic mass is 10.0. The molecule has 0 aromatic rings. The van der Waals surface area contributed by atoms with Crippen molar-refractivity contribution in [3.05, 3.63) is 24.3 Å². The number of carbonyl (C=O) groups is 2. The van der Waals surface area contributed by atoms with E-state index in [1.54, 1.807) is 0 Å². The molecular weight excluding hydrogens is 885 g/mol. The van der Waals surface area contributed by atoms with Crippen LogP contribution < -0.4 is 0 Å². The third-order valence-electron chi connectivity index (χ3n) is 15.0. The van der Waals surface area contributed by atoms with Crippen LogP contribution >= 0.6 is 0 Å². The molecule has 0 aliphatic heterocycles. The first-order valence-electron chi connectivity index (χ1n) is 32.9. The van der Waals surface area contributed by atoms with Crippen molar-refractivity contribution in [1.29, 1.82) is 0 Å². The van der Waals surface area contributed by atoms with Gasteiger partial charge in [0.1, 0.15) is 19.3 Å². The summed E-state index contributed by atoms with van der Waals surface area (Å²) < 4.78 is 17.6. The molecule has 0 aromatic heterocycles. The molecule has 5 nitrogen and oxygen atoms in total. The molecule has 0 fully saturated rings. The Hall–Kier alpha value is -1.62. The first kappa shape index (κ1) is 70.4. The molecule has 5 heteroatoms. The summed E-state index contributed by atoms with van der Waals surface area (Å²) in [5.41, 5.74) is 0. The molecule has 0 amide bonds. The minimum atomic E-state index is -0.396. The van der Waals surface area contributed by atoms with Gasteiger partial charge in [-0.2, -0.15) is 0 Å². The summed E-state index contributed by atoms with van der Waals surface area (Å²) >= 11 is 0. The number of esters is 2. The van der Waals surface area contributed by atoms with Gasteiger partial charge >= 0.3 is 11.9 Å². The van der Waals surface area contributed by atoms with E-state index in [1.165, 1.54) is 295 Å². The van der Waals surface area contributed by atoms with E-state index < -0.39 is 6.10 Å². The van der Waals surface area contributed by atoms with E-state index in [0.717, 1.165) is 38.5 Å². The maximum Gasteiger partial charge on any atom is 0.305 e. The maximum absolute atomic E-state index is 12.7. The zero-order valence-electron chi connectivity index (χ0n) is 49.2. The molecule has 0 heterocycles. The Labute approximate surface area is 451 Å². The number of allylic oxidation sites excluding steroid dienone is 4. The van der Waals surface area contributed by atoms with E-state index in [9.17, 15) is 9.59 Å². The van der Waals surface area contributed by atoms with Crippen molar-refractivity contribution in [3.8, 4) is 0 Å². The zero-order chi connectivity index (χ0) is 52.0. The van der Waals surface area contributed by atoms with Crippen molar-refractivity contribution in [1.82, 2.24) is 0 Å². The predicted molar refractivity (Wildman–Crippen MR) is 316 cm³/mol. The number of ether oxygens (including phenoxy) is 3. The van der Waals surface area contributed by atoms with Crippen LogP contribution in [-0.2, 0) is 23.8 Å². The van der Waals surface area contributed by atoms with Crippen molar-refractivity contribution in [2.24, 2.45) is 0 Å². The molecule has 0 aliphatic rings. The smallest absolute Gasteiger partial charge is 0.305 e. The Morgan fingerprint density at radius 3 is 0.736 bits per heavy atom. The van der Waals surface area contributed by atoms with Gasteiger partial charge in [0.05, 0.1) is 0 Å². The average Bonchev–Trinajstić information content (AvgIpc) is 3.38. The Bertz CT molecular complexity index is 1100. The van der Waals surface area contributed by atoms with Gasteiger partial charge in [0.25, 0.3) is 0 Å². The largest absolute Gasteiger partial charge is 0.463 e. The van der Waals surface area contributed by atoms with Gasteiger partial charge < -0.3 is 14.2 Å². The number of unbranched alkanes of at least 4 members (excludes halogenated alkanes) is 47. The SMILES string of the molecule is CCCCCCCC/C=C\CCCCCCCCCCCCCC(=O)OC[C@H](COC(=O)CCCCCCCCCCC/C=C\CCCCCCCC)OCCCCCCCCCCCCCCCCCC. The molecule has 0 spiro atoms. The van der Waals surface area contributed by atoms with E-state index in [1.807, 2.05) is 0 Å². The molecule has 0 rings (SSSR count). The van der Waals surface area contributed by atoms with Crippen molar-refractivity contribution >= 4 is 11.9 Å². The molecule has 0 unspecified atom stereocenters. The minimum Gasteiger partial charge on any atom is -0.463 e. The molecule has 0 aliphatic carbocycles. The van der Waals surface area contributed by atoms with Crippen molar-refractivity contribution < 1.29 is 23.8 Å². The topological polar surface area (TPSA) is 61.8 Å². The normalized spacial score (nSPS) is 12.2. The van der Waals surface area contributed by atoms with Gasteiger partial charge in [-0.25, -0.2) is 0 Å². The van der Waals surface area contributed by atoms with Crippen LogP contribution in [0.3, 0.4) is 0 Å². The first-order valence-corrected chi connectivity index (χ1v) is 32.9. The molecule has 426 valence electrons. The molecule has 0 saturated heterocycles. The molecule has 1 atom stereocenters. The standard InChI is InChI=1S/C67H128O5/c1-4-7-10-13-16-19-22-25-28-31-33-34-36-38-40-43-46-49-52-55-58-61-67(69)72-64-65(70-62-59-56-53-50-47-44-41-30-27-24-21-18-15-12-9-6-3)63-71-66(68)60-57-54-51-48-45-42-39-37-35-32-29-26-23-20-17-14-11-8-5-2/h25-26,28-29,65H,4-24,27,30-64H2,1-3H3/b28-25-,29-26-/t65-/m0/s1. The van der Waals surface area contributed by atoms with Crippen LogP contribution in [0.2, 0.25) is 0 Å². The lowest BCUT2D eigenvalue weighted by Crippen LogP contribution is -2.29. The number of rotatable bonds is 62. The Kier molecular flexibility index (Phi) is 62.2. The highest BCUT2D eigenvalue weighted by Crippen LogP contribution is 2.17. The second-order valence-corrected chi connectivity index (χ2v) is 22.4. The molecule has 0 radical (unpaired) electrons. The molecular formula is C67H128O5. The summed E-state index contributed by atoms with van der Waals surface area (Å²) in [7, 11) is 0. The number of hydrogen-bond acceptors (Lipinski definition) is 5. The predicted octanol–water partition coefficient (Wildman–Crippen LogP) is 22.7. The van der Waals surface area contributed by atoms with E-state index in [2.05, 4.69) is 45.1 Å². The Morgan fingerprint density at radius 1 is 0.278 bits per heavy atom. The van der Waals surface area contributed by atoms with Crippen LogP contribution in [0.15, 0.2) is 24.3 Å². The van der Waals surface area contributed by atoms with Crippen LogP contribution in [0.25, 0.3) is 0 Å². The summed E-state index contributed by atoms with van der Waals surface area (Å²) in [5, 5.41) is 0. The van der Waals surface area contributed by atoms with Gasteiger partial charge in [0.15, 0.2) is 0 Å². The van der Waals surface area contributed by atoms with Crippen LogP contribution in [-0.4, -0.2) is 37.9 Å². The average molecular weight is 1010 g/mol. The van der Waals surface area contributed by atoms with Gasteiger partial charge in [-0.15, -0.1) is 0 Å². The van der Waals surface area contributed by atoms with E-state index in [-0.39, 0.29) is 25.2 Å². The Balaban J connectivity index is 4.19. The van der Waals surface area contributed by atoms with Crippen LogP contribution in [0, 0.1) is 0 Å². The highest BCUT2D eigenvalue weighted by Gasteiger charge is 2.16. The van der Waals surface area contributed by atoms with Gasteiger partial charge in [-0.1, -0.05) is 308 Å². The summed E-state index contributed by atoms with van der Waals surface area (Å²) in [6.45, 7) is 7.81. The fraction of sp³-hybridized carbons (Fsp3) is 0.910. The van der Waals surface area contributed by atoms with Gasteiger partial charge in [0, 0.05) is 19.4 Å². The summed E-state index contributed by atoms with van der Waals surface area (Å²) in [6.07, 6.45) is 78.1. The third-order valence-corrected chi connectivity index (χ3v) is 15.0. The fourth-order valence-corrected chi connectivity index (χ4v) is 10.0. The van der Waals surface area contributed by atoms with Crippen LogP contribution in [0.4, 0.5) is 0 Å². The second-order valence-electron chi connectivity index (χ2n) is 22.4. The van der Waals surface area contributed by atoms with Crippen molar-refractivity contribution in [2.75, 3.05) is 19.8 Å². The first-order chi connectivity index (χ1) is 35.6. The van der Waals surface area contributed by atoms with Gasteiger partial charge in [-0.05, 0) is 70.6 Å². The van der Waals surface area contributed by atoms with Crippen molar-refractivity contribution in [3.63, 3.8) is 0 Å². The molecule has 72 heavy (non-hydrogen) atoms. The highest BCUT2D eigenvalue weighted by molar-refractivity contribution is 5.69. The van der Waals surface area contributed by atoms with E-state index in [0.29, 0.717) is 19.4 Å². The number of hydrogen-bond donors (Lipinski definition) is 0. The molecule has 0 aromatic carbocycles. The second kappa shape index (κ2) is 63.7. The van der Waals surface area contributed by atoms with Crippen molar-refractivity contribution in [2.45, 2.75) is 374 Å². The van der Waals surface area contributed by atoms with E-state index in [4.69, 9.17) is 14.2 Å². The third kappa shape index (κ3) is 60.9. The minimum absolute atomic E-state index is 0.156. The summed E-state index contributed by atoms with van der Waals surface area (Å²) in [5.74, 6) is -0.313. The van der Waals surface area contributed by atoms with Crippen LogP contribution in [0.5, 0.6) is 0 Å². The lowest BCUT2D eigenvalue weighted by molar-refractivity contribution is -0.155. The zero-order valence-corrected chi connectivity index (χ0v) is 49.2. The van der Waals surface area contributed by atoms with Gasteiger partial charge in [-0.3, -0.25) is 9.59 Å². The summed E-state index contributed by atoms with van der Waals surface area (Å²) in [6, 6.07) is 0. The van der Waals surface area contributed by atoms with Crippen LogP contribution in [0.1, 0.15) is 367 Å².